The molecule has 1 rings (SSSR count). The lowest BCUT2D eigenvalue weighted by Crippen LogP contribution is -2.31. The monoisotopic (exact) mass is 209 g/mol. The molecule has 1 aromatic rings. The molecule has 84 valence electrons. The summed E-state index contributed by atoms with van der Waals surface area (Å²) in [6.07, 6.45) is -0.0730. The SMILES string of the molecule is COCC(CN)Oc1cc(C)cc(C)c1. The summed E-state index contributed by atoms with van der Waals surface area (Å²) in [4.78, 5) is 0. The van der Waals surface area contributed by atoms with Gasteiger partial charge in [-0.1, -0.05) is 6.07 Å². The molecule has 15 heavy (non-hydrogen) atoms. The van der Waals surface area contributed by atoms with Gasteiger partial charge in [-0.2, -0.15) is 0 Å². The summed E-state index contributed by atoms with van der Waals surface area (Å²) in [5.41, 5.74) is 7.96. The molecule has 2 N–H and O–H groups in total. The average molecular weight is 209 g/mol. The number of methoxy groups -OCH3 is 1. The summed E-state index contributed by atoms with van der Waals surface area (Å²) in [7, 11) is 1.65. The second-order valence-corrected chi connectivity index (χ2v) is 3.75. The first-order valence-corrected chi connectivity index (χ1v) is 5.09. The summed E-state index contributed by atoms with van der Waals surface area (Å²) >= 11 is 0. The maximum absolute atomic E-state index is 5.72. The molecule has 0 saturated carbocycles. The third-order valence-electron chi connectivity index (χ3n) is 2.11. The van der Waals surface area contributed by atoms with Crippen molar-refractivity contribution < 1.29 is 9.47 Å². The smallest absolute Gasteiger partial charge is 0.134 e. The predicted octanol–water partition coefficient (Wildman–Crippen LogP) is 1.66. The highest BCUT2D eigenvalue weighted by Gasteiger charge is 2.08. The van der Waals surface area contributed by atoms with Crippen LogP contribution >= 0.6 is 0 Å². The fourth-order valence-corrected chi connectivity index (χ4v) is 1.53. The molecule has 0 bridgehead atoms. The normalized spacial score (nSPS) is 12.5. The molecule has 3 heteroatoms. The Hall–Kier alpha value is -1.06. The van der Waals surface area contributed by atoms with E-state index in [4.69, 9.17) is 15.2 Å². The number of ether oxygens (including phenoxy) is 2. The molecule has 0 aliphatic carbocycles. The zero-order valence-corrected chi connectivity index (χ0v) is 9.62. The molecule has 3 nitrogen and oxygen atoms in total. The van der Waals surface area contributed by atoms with Gasteiger partial charge in [0, 0.05) is 13.7 Å². The van der Waals surface area contributed by atoms with Crippen LogP contribution in [-0.4, -0.2) is 26.4 Å². The van der Waals surface area contributed by atoms with E-state index < -0.39 is 0 Å². The van der Waals surface area contributed by atoms with E-state index in [1.54, 1.807) is 7.11 Å². The van der Waals surface area contributed by atoms with Crippen molar-refractivity contribution in [2.24, 2.45) is 5.73 Å². The average Bonchev–Trinajstić information content (AvgIpc) is 2.15. The Morgan fingerprint density at radius 3 is 2.27 bits per heavy atom. The Morgan fingerprint density at radius 1 is 1.20 bits per heavy atom. The maximum Gasteiger partial charge on any atom is 0.134 e. The van der Waals surface area contributed by atoms with Crippen LogP contribution < -0.4 is 10.5 Å². The topological polar surface area (TPSA) is 44.5 Å². The van der Waals surface area contributed by atoms with Crippen molar-refractivity contribution in [1.82, 2.24) is 0 Å². The van der Waals surface area contributed by atoms with Gasteiger partial charge < -0.3 is 15.2 Å². The maximum atomic E-state index is 5.72. The highest BCUT2D eigenvalue weighted by Crippen LogP contribution is 2.17. The van der Waals surface area contributed by atoms with Gasteiger partial charge >= 0.3 is 0 Å². The number of hydrogen-bond donors (Lipinski definition) is 1. The van der Waals surface area contributed by atoms with E-state index in [0.29, 0.717) is 13.2 Å². The minimum absolute atomic E-state index is 0.0730. The number of nitrogens with two attached hydrogens (primary N) is 1. The van der Waals surface area contributed by atoms with Crippen LogP contribution in [-0.2, 0) is 4.74 Å². The second-order valence-electron chi connectivity index (χ2n) is 3.75. The van der Waals surface area contributed by atoms with Crippen molar-refractivity contribution in [3.63, 3.8) is 0 Å². The van der Waals surface area contributed by atoms with Gasteiger partial charge in [-0.3, -0.25) is 0 Å². The first-order chi connectivity index (χ1) is 7.15. The third-order valence-corrected chi connectivity index (χ3v) is 2.11. The minimum atomic E-state index is -0.0730. The Balaban J connectivity index is 2.69. The summed E-state index contributed by atoms with van der Waals surface area (Å²) in [5.74, 6) is 0.861. The quantitative estimate of drug-likeness (QED) is 0.802. The number of benzene rings is 1. The fourth-order valence-electron chi connectivity index (χ4n) is 1.53. The van der Waals surface area contributed by atoms with Gasteiger partial charge in [0.2, 0.25) is 0 Å². The molecule has 0 radical (unpaired) electrons. The highest BCUT2D eigenvalue weighted by molar-refractivity contribution is 5.33. The van der Waals surface area contributed by atoms with Crippen molar-refractivity contribution in [2.45, 2.75) is 20.0 Å². The van der Waals surface area contributed by atoms with Gasteiger partial charge in [-0.15, -0.1) is 0 Å². The first kappa shape index (κ1) is 12.0. The number of hydrogen-bond acceptors (Lipinski definition) is 3. The van der Waals surface area contributed by atoms with E-state index in [-0.39, 0.29) is 6.10 Å². The lowest BCUT2D eigenvalue weighted by Gasteiger charge is -2.17. The van der Waals surface area contributed by atoms with Gasteiger partial charge in [0.15, 0.2) is 0 Å². The van der Waals surface area contributed by atoms with E-state index >= 15 is 0 Å². The van der Waals surface area contributed by atoms with Crippen molar-refractivity contribution >= 4 is 0 Å². The highest BCUT2D eigenvalue weighted by atomic mass is 16.5. The van der Waals surface area contributed by atoms with Crippen molar-refractivity contribution in [3.8, 4) is 5.75 Å². The molecule has 0 fully saturated rings. The van der Waals surface area contributed by atoms with E-state index in [9.17, 15) is 0 Å². The third kappa shape index (κ3) is 3.90. The second kappa shape index (κ2) is 5.73. The Kier molecular flexibility index (Phi) is 4.59. The molecule has 0 amide bonds. The summed E-state index contributed by atoms with van der Waals surface area (Å²) in [6, 6.07) is 6.12. The van der Waals surface area contributed by atoms with E-state index in [2.05, 4.69) is 6.07 Å². The molecule has 1 aromatic carbocycles. The molecular formula is C12H19NO2. The van der Waals surface area contributed by atoms with Crippen molar-refractivity contribution in [3.05, 3.63) is 29.3 Å². The zero-order valence-electron chi connectivity index (χ0n) is 9.62. The van der Waals surface area contributed by atoms with Crippen LogP contribution in [0.15, 0.2) is 18.2 Å². The lowest BCUT2D eigenvalue weighted by atomic mass is 10.1. The Bertz CT molecular complexity index is 292. The molecule has 0 spiro atoms. The van der Waals surface area contributed by atoms with Gasteiger partial charge in [-0.05, 0) is 37.1 Å². The molecule has 1 atom stereocenters. The van der Waals surface area contributed by atoms with Crippen molar-refractivity contribution in [2.75, 3.05) is 20.3 Å². The van der Waals surface area contributed by atoms with Crippen LogP contribution in [0.1, 0.15) is 11.1 Å². The standard InChI is InChI=1S/C12H19NO2/c1-9-4-10(2)6-11(5-9)15-12(7-13)8-14-3/h4-6,12H,7-8,13H2,1-3H3. The number of rotatable bonds is 5. The predicted molar refractivity (Wildman–Crippen MR) is 61.3 cm³/mol. The first-order valence-electron chi connectivity index (χ1n) is 5.09. The summed E-state index contributed by atoms with van der Waals surface area (Å²) in [5, 5.41) is 0. The largest absolute Gasteiger partial charge is 0.487 e. The molecular weight excluding hydrogens is 190 g/mol. The van der Waals surface area contributed by atoms with Gasteiger partial charge in [0.05, 0.1) is 6.61 Å². The molecule has 1 unspecified atom stereocenters. The lowest BCUT2D eigenvalue weighted by molar-refractivity contribution is 0.0860. The van der Waals surface area contributed by atoms with Gasteiger partial charge in [0.1, 0.15) is 11.9 Å². The fraction of sp³-hybridized carbons (Fsp3) is 0.500. The van der Waals surface area contributed by atoms with Crippen LogP contribution in [0, 0.1) is 13.8 Å². The Morgan fingerprint density at radius 2 is 1.80 bits per heavy atom. The van der Waals surface area contributed by atoms with Gasteiger partial charge in [-0.25, -0.2) is 0 Å². The number of aryl methyl sites for hydroxylation is 2. The molecule has 0 heterocycles. The molecule has 0 aliphatic heterocycles. The summed E-state index contributed by atoms with van der Waals surface area (Å²) in [6.45, 7) is 5.07. The van der Waals surface area contributed by atoms with Crippen molar-refractivity contribution in [1.29, 1.82) is 0 Å². The van der Waals surface area contributed by atoms with Crippen LogP contribution in [0.25, 0.3) is 0 Å². The molecule has 0 aromatic heterocycles. The minimum Gasteiger partial charge on any atom is -0.487 e. The van der Waals surface area contributed by atoms with Crippen LogP contribution in [0.3, 0.4) is 0 Å². The van der Waals surface area contributed by atoms with E-state index in [1.165, 1.54) is 11.1 Å². The van der Waals surface area contributed by atoms with Crippen LogP contribution in [0.4, 0.5) is 0 Å². The molecule has 0 aliphatic rings. The Labute approximate surface area is 91.2 Å². The van der Waals surface area contributed by atoms with E-state index in [0.717, 1.165) is 5.75 Å². The van der Waals surface area contributed by atoms with Gasteiger partial charge in [0.25, 0.3) is 0 Å². The zero-order chi connectivity index (χ0) is 11.3. The summed E-state index contributed by atoms with van der Waals surface area (Å²) < 4.78 is 10.7. The molecule has 0 saturated heterocycles. The van der Waals surface area contributed by atoms with Crippen LogP contribution in [0.5, 0.6) is 5.75 Å². The van der Waals surface area contributed by atoms with Crippen LogP contribution in [0.2, 0.25) is 0 Å². The van der Waals surface area contributed by atoms with E-state index in [1.807, 2.05) is 26.0 Å².